The summed E-state index contributed by atoms with van der Waals surface area (Å²) >= 11 is 0. The predicted molar refractivity (Wildman–Crippen MR) is 72.9 cm³/mol. The van der Waals surface area contributed by atoms with Crippen LogP contribution in [0.5, 0.6) is 0 Å². The molecule has 2 aromatic carbocycles. The molecule has 0 bridgehead atoms. The summed E-state index contributed by atoms with van der Waals surface area (Å²) in [4.78, 5) is 11.8. The number of fused-ring (bicyclic) bond motifs is 1. The molecule has 0 fully saturated rings. The maximum Gasteiger partial charge on any atom is 0.251 e. The molecule has 0 spiro atoms. The SMILES string of the molecule is O=C1NCCc2ccc(C(O)c3ccc(F)cc3)cc21. The highest BCUT2D eigenvalue weighted by Gasteiger charge is 2.19. The van der Waals surface area contributed by atoms with Gasteiger partial charge in [0, 0.05) is 12.1 Å². The maximum absolute atomic E-state index is 12.9. The number of aliphatic hydroxyl groups excluding tert-OH is 1. The smallest absolute Gasteiger partial charge is 0.251 e. The van der Waals surface area contributed by atoms with Gasteiger partial charge in [0.05, 0.1) is 0 Å². The summed E-state index contributed by atoms with van der Waals surface area (Å²) in [5.41, 5.74) is 2.83. The molecule has 2 N–H and O–H groups in total. The number of halogens is 1. The van der Waals surface area contributed by atoms with Crippen LogP contribution in [0.3, 0.4) is 0 Å². The molecule has 0 saturated carbocycles. The lowest BCUT2D eigenvalue weighted by Crippen LogP contribution is -2.31. The van der Waals surface area contributed by atoms with Crippen molar-refractivity contribution < 1.29 is 14.3 Å². The highest BCUT2D eigenvalue weighted by Crippen LogP contribution is 2.25. The van der Waals surface area contributed by atoms with Crippen LogP contribution in [0.4, 0.5) is 4.39 Å². The van der Waals surface area contributed by atoms with E-state index in [9.17, 15) is 14.3 Å². The van der Waals surface area contributed by atoms with Gasteiger partial charge in [-0.1, -0.05) is 24.3 Å². The van der Waals surface area contributed by atoms with E-state index in [0.29, 0.717) is 23.2 Å². The monoisotopic (exact) mass is 271 g/mol. The Bertz CT molecular complexity index is 652. The topological polar surface area (TPSA) is 49.3 Å². The number of amides is 1. The number of hydrogen-bond donors (Lipinski definition) is 2. The van der Waals surface area contributed by atoms with Crippen molar-refractivity contribution in [1.29, 1.82) is 0 Å². The fourth-order valence-corrected chi connectivity index (χ4v) is 2.44. The van der Waals surface area contributed by atoms with E-state index in [4.69, 9.17) is 0 Å². The van der Waals surface area contributed by atoms with Gasteiger partial charge in [-0.3, -0.25) is 4.79 Å². The lowest BCUT2D eigenvalue weighted by Gasteiger charge is -2.19. The lowest BCUT2D eigenvalue weighted by molar-refractivity contribution is 0.0945. The first-order valence-electron chi connectivity index (χ1n) is 6.50. The quantitative estimate of drug-likeness (QED) is 0.879. The van der Waals surface area contributed by atoms with Crippen LogP contribution in [-0.2, 0) is 6.42 Å². The van der Waals surface area contributed by atoms with Crippen LogP contribution in [0, 0.1) is 5.82 Å². The molecule has 0 radical (unpaired) electrons. The zero-order valence-electron chi connectivity index (χ0n) is 10.8. The van der Waals surface area contributed by atoms with Crippen molar-refractivity contribution in [2.75, 3.05) is 6.54 Å². The average molecular weight is 271 g/mol. The van der Waals surface area contributed by atoms with Crippen molar-refractivity contribution in [2.45, 2.75) is 12.5 Å². The molecule has 20 heavy (non-hydrogen) atoms. The third-order valence-corrected chi connectivity index (χ3v) is 3.56. The first-order valence-corrected chi connectivity index (χ1v) is 6.50. The number of nitrogens with one attached hydrogen (secondary N) is 1. The Morgan fingerprint density at radius 1 is 1.10 bits per heavy atom. The summed E-state index contributed by atoms with van der Waals surface area (Å²) < 4.78 is 12.9. The van der Waals surface area contributed by atoms with Crippen molar-refractivity contribution >= 4 is 5.91 Å². The Morgan fingerprint density at radius 3 is 2.55 bits per heavy atom. The summed E-state index contributed by atoms with van der Waals surface area (Å²) in [5, 5.41) is 13.1. The van der Waals surface area contributed by atoms with Gasteiger partial charge in [-0.25, -0.2) is 4.39 Å². The minimum absolute atomic E-state index is 0.112. The molecular formula is C16H14FNO2. The number of rotatable bonds is 2. The lowest BCUT2D eigenvalue weighted by atomic mass is 9.94. The van der Waals surface area contributed by atoms with E-state index in [1.165, 1.54) is 12.1 Å². The molecule has 0 saturated heterocycles. The van der Waals surface area contributed by atoms with Crippen molar-refractivity contribution in [2.24, 2.45) is 0 Å². The average Bonchev–Trinajstić information content (AvgIpc) is 2.47. The molecule has 4 heteroatoms. The van der Waals surface area contributed by atoms with E-state index < -0.39 is 6.10 Å². The molecule has 1 amide bonds. The van der Waals surface area contributed by atoms with Crippen molar-refractivity contribution in [3.05, 3.63) is 70.5 Å². The molecule has 102 valence electrons. The Morgan fingerprint density at radius 2 is 1.80 bits per heavy atom. The van der Waals surface area contributed by atoms with E-state index >= 15 is 0 Å². The Labute approximate surface area is 116 Å². The number of carbonyl (C=O) groups excluding carboxylic acids is 1. The molecule has 1 aliphatic heterocycles. The highest BCUT2D eigenvalue weighted by molar-refractivity contribution is 5.96. The van der Waals surface area contributed by atoms with E-state index in [2.05, 4.69) is 5.32 Å². The van der Waals surface area contributed by atoms with E-state index in [1.54, 1.807) is 18.2 Å². The van der Waals surface area contributed by atoms with Crippen molar-refractivity contribution in [3.8, 4) is 0 Å². The number of carbonyl (C=O) groups is 1. The first kappa shape index (κ1) is 12.8. The van der Waals surface area contributed by atoms with Crippen LogP contribution in [0.15, 0.2) is 42.5 Å². The summed E-state index contributed by atoms with van der Waals surface area (Å²) in [5.74, 6) is -0.454. The number of hydrogen-bond acceptors (Lipinski definition) is 2. The van der Waals surface area contributed by atoms with Gasteiger partial charge in [-0.2, -0.15) is 0 Å². The zero-order chi connectivity index (χ0) is 14.1. The minimum atomic E-state index is -0.865. The Balaban J connectivity index is 1.96. The van der Waals surface area contributed by atoms with E-state index in [0.717, 1.165) is 12.0 Å². The Hall–Kier alpha value is -2.20. The van der Waals surface area contributed by atoms with Gasteiger partial charge in [0.2, 0.25) is 0 Å². The molecular weight excluding hydrogens is 257 g/mol. The molecule has 1 heterocycles. The molecule has 1 aliphatic rings. The maximum atomic E-state index is 12.9. The second kappa shape index (κ2) is 5.06. The van der Waals surface area contributed by atoms with Crippen LogP contribution in [-0.4, -0.2) is 17.6 Å². The summed E-state index contributed by atoms with van der Waals surface area (Å²) in [7, 11) is 0. The van der Waals surface area contributed by atoms with Gasteiger partial charge in [0.25, 0.3) is 5.91 Å². The first-order chi connectivity index (χ1) is 9.65. The van der Waals surface area contributed by atoms with Gasteiger partial charge in [-0.15, -0.1) is 0 Å². The van der Waals surface area contributed by atoms with Crippen LogP contribution in [0.2, 0.25) is 0 Å². The highest BCUT2D eigenvalue weighted by atomic mass is 19.1. The minimum Gasteiger partial charge on any atom is -0.384 e. The number of aliphatic hydroxyl groups is 1. The van der Waals surface area contributed by atoms with E-state index in [-0.39, 0.29) is 11.7 Å². The number of benzene rings is 2. The van der Waals surface area contributed by atoms with Gasteiger partial charge in [0.1, 0.15) is 11.9 Å². The van der Waals surface area contributed by atoms with Crippen molar-refractivity contribution in [3.63, 3.8) is 0 Å². The van der Waals surface area contributed by atoms with Crippen molar-refractivity contribution in [1.82, 2.24) is 5.32 Å². The summed E-state index contributed by atoms with van der Waals surface area (Å²) in [6.45, 7) is 0.645. The normalized spacial score (nSPS) is 15.4. The fourth-order valence-electron chi connectivity index (χ4n) is 2.44. The molecule has 3 nitrogen and oxygen atoms in total. The zero-order valence-corrected chi connectivity index (χ0v) is 10.8. The van der Waals surface area contributed by atoms with Crippen LogP contribution < -0.4 is 5.32 Å². The summed E-state index contributed by atoms with van der Waals surface area (Å²) in [6, 6.07) is 11.1. The second-order valence-corrected chi connectivity index (χ2v) is 4.88. The molecule has 0 aromatic heterocycles. The largest absolute Gasteiger partial charge is 0.384 e. The van der Waals surface area contributed by atoms with Crippen LogP contribution >= 0.6 is 0 Å². The van der Waals surface area contributed by atoms with E-state index in [1.807, 2.05) is 12.1 Å². The van der Waals surface area contributed by atoms with Gasteiger partial charge in [0.15, 0.2) is 0 Å². The molecule has 1 atom stereocenters. The van der Waals surface area contributed by atoms with Crippen LogP contribution in [0.1, 0.15) is 33.2 Å². The van der Waals surface area contributed by atoms with Gasteiger partial charge < -0.3 is 10.4 Å². The fraction of sp³-hybridized carbons (Fsp3) is 0.188. The molecule has 0 aliphatic carbocycles. The Kier molecular flexibility index (Phi) is 3.24. The van der Waals surface area contributed by atoms with Gasteiger partial charge in [-0.05, 0) is 41.3 Å². The third kappa shape index (κ3) is 2.30. The van der Waals surface area contributed by atoms with Crippen LogP contribution in [0.25, 0.3) is 0 Å². The third-order valence-electron chi connectivity index (χ3n) is 3.56. The predicted octanol–water partition coefficient (Wildman–Crippen LogP) is 2.19. The molecule has 3 rings (SSSR count). The standard InChI is InChI=1S/C16H14FNO2/c17-13-5-3-11(4-6-13)15(19)12-2-1-10-7-8-18-16(20)14(10)9-12/h1-6,9,15,19H,7-8H2,(H,18,20). The molecule has 1 unspecified atom stereocenters. The van der Waals surface area contributed by atoms with Gasteiger partial charge >= 0.3 is 0 Å². The molecule has 2 aromatic rings. The second-order valence-electron chi connectivity index (χ2n) is 4.88. The summed E-state index contributed by atoms with van der Waals surface area (Å²) in [6.07, 6.45) is -0.0656.